The van der Waals surface area contributed by atoms with E-state index in [1.165, 1.54) is 0 Å². The highest BCUT2D eigenvalue weighted by Crippen LogP contribution is 2.41. The van der Waals surface area contributed by atoms with Crippen LogP contribution in [0.25, 0.3) is 0 Å². The van der Waals surface area contributed by atoms with Crippen LogP contribution < -0.4 is 0 Å². The number of nitrogens with one attached hydrogen (secondary N) is 1. The summed E-state index contributed by atoms with van der Waals surface area (Å²) in [6.07, 6.45) is 8.79. The van der Waals surface area contributed by atoms with Gasteiger partial charge in [0.05, 0.1) is 6.04 Å². The SMILES string of the molecule is CCCCC1N(C)C(=O)OC12CCN(C1CCN(C(=O)c3ccc[nH]3)CC1)CC2. The Kier molecular flexibility index (Phi) is 5.86. The fourth-order valence-corrected chi connectivity index (χ4v) is 5.42. The molecule has 1 aromatic heterocycles. The minimum atomic E-state index is -0.304. The number of likely N-dealkylation sites (tertiary alicyclic amines) is 2. The lowest BCUT2D eigenvalue weighted by Crippen LogP contribution is -2.55. The van der Waals surface area contributed by atoms with Gasteiger partial charge in [-0.15, -0.1) is 0 Å². The smallest absolute Gasteiger partial charge is 0.410 e. The zero-order valence-corrected chi connectivity index (χ0v) is 17.7. The molecule has 160 valence electrons. The van der Waals surface area contributed by atoms with Gasteiger partial charge in [0.1, 0.15) is 11.3 Å². The number of aromatic nitrogens is 1. The van der Waals surface area contributed by atoms with Crippen LogP contribution in [0, 0.1) is 0 Å². The normalized spacial score (nSPS) is 25.6. The lowest BCUT2D eigenvalue weighted by Gasteiger charge is -2.45. The number of amides is 2. The second-order valence-corrected chi connectivity index (χ2v) is 8.84. The number of carbonyl (C=O) groups is 2. The van der Waals surface area contributed by atoms with Crippen molar-refractivity contribution in [2.24, 2.45) is 0 Å². The van der Waals surface area contributed by atoms with Crippen LogP contribution in [0.15, 0.2) is 18.3 Å². The minimum Gasteiger partial charge on any atom is -0.440 e. The second-order valence-electron chi connectivity index (χ2n) is 8.84. The first-order chi connectivity index (χ1) is 14.0. The molecule has 3 saturated heterocycles. The molecule has 7 heteroatoms. The molecule has 7 nitrogen and oxygen atoms in total. The molecular formula is C22H34N4O3. The average Bonchev–Trinajstić information content (AvgIpc) is 3.35. The van der Waals surface area contributed by atoms with Gasteiger partial charge in [0.25, 0.3) is 5.91 Å². The molecule has 4 heterocycles. The van der Waals surface area contributed by atoms with Crippen molar-refractivity contribution in [2.75, 3.05) is 33.2 Å². The molecule has 3 aliphatic heterocycles. The molecule has 1 aromatic rings. The Morgan fingerprint density at radius 3 is 2.59 bits per heavy atom. The molecule has 29 heavy (non-hydrogen) atoms. The van der Waals surface area contributed by atoms with E-state index in [1.807, 2.05) is 29.0 Å². The van der Waals surface area contributed by atoms with Gasteiger partial charge >= 0.3 is 6.09 Å². The van der Waals surface area contributed by atoms with Crippen LogP contribution in [0.1, 0.15) is 62.4 Å². The molecular weight excluding hydrogens is 368 g/mol. The van der Waals surface area contributed by atoms with Crippen molar-refractivity contribution < 1.29 is 14.3 Å². The summed E-state index contributed by atoms with van der Waals surface area (Å²) in [6, 6.07) is 4.43. The summed E-state index contributed by atoms with van der Waals surface area (Å²) in [4.78, 5) is 34.1. The molecule has 3 aliphatic rings. The quantitative estimate of drug-likeness (QED) is 0.822. The van der Waals surface area contributed by atoms with Gasteiger partial charge in [-0.3, -0.25) is 9.69 Å². The van der Waals surface area contributed by atoms with Crippen molar-refractivity contribution in [1.29, 1.82) is 0 Å². The predicted molar refractivity (Wildman–Crippen MR) is 111 cm³/mol. The maximum absolute atomic E-state index is 12.5. The number of H-pyrrole nitrogens is 1. The number of likely N-dealkylation sites (N-methyl/N-ethyl adjacent to an activating group) is 1. The van der Waals surface area contributed by atoms with Gasteiger partial charge < -0.3 is 19.5 Å². The van der Waals surface area contributed by atoms with E-state index >= 15 is 0 Å². The van der Waals surface area contributed by atoms with Crippen LogP contribution in [-0.4, -0.2) is 82.6 Å². The number of rotatable bonds is 5. The Morgan fingerprint density at radius 2 is 1.97 bits per heavy atom. The van der Waals surface area contributed by atoms with Crippen LogP contribution in [0.3, 0.4) is 0 Å². The Labute approximate surface area is 173 Å². The maximum Gasteiger partial charge on any atom is 0.410 e. The number of aromatic amines is 1. The second kappa shape index (κ2) is 8.38. The summed E-state index contributed by atoms with van der Waals surface area (Å²) in [5.41, 5.74) is 0.371. The van der Waals surface area contributed by atoms with Gasteiger partial charge in [0.2, 0.25) is 0 Å². The zero-order valence-electron chi connectivity index (χ0n) is 17.7. The van der Waals surface area contributed by atoms with Gasteiger partial charge in [-0.25, -0.2) is 4.79 Å². The number of ether oxygens (including phenoxy) is 1. The third-order valence-electron chi connectivity index (χ3n) is 7.23. The van der Waals surface area contributed by atoms with Crippen molar-refractivity contribution >= 4 is 12.0 Å². The molecule has 2 amide bonds. The predicted octanol–water partition coefficient (Wildman–Crippen LogP) is 3.09. The van der Waals surface area contributed by atoms with Gasteiger partial charge in [0, 0.05) is 58.3 Å². The molecule has 1 atom stereocenters. The first-order valence-corrected chi connectivity index (χ1v) is 11.2. The molecule has 1 N–H and O–H groups in total. The largest absolute Gasteiger partial charge is 0.440 e. The van der Waals surface area contributed by atoms with E-state index in [1.54, 1.807) is 6.20 Å². The summed E-state index contributed by atoms with van der Waals surface area (Å²) in [6.45, 7) is 5.75. The molecule has 1 spiro atoms. The monoisotopic (exact) mass is 402 g/mol. The van der Waals surface area contributed by atoms with Crippen LogP contribution >= 0.6 is 0 Å². The first-order valence-electron chi connectivity index (χ1n) is 11.2. The topological polar surface area (TPSA) is 68.9 Å². The van der Waals surface area contributed by atoms with E-state index in [2.05, 4.69) is 16.8 Å². The van der Waals surface area contributed by atoms with E-state index in [0.717, 1.165) is 71.1 Å². The van der Waals surface area contributed by atoms with Gasteiger partial charge in [0.15, 0.2) is 0 Å². The standard InChI is InChI=1S/C22H34N4O3/c1-3-4-7-19-22(29-21(28)24(19)2)10-15-25(16-11-22)17-8-13-26(14-9-17)20(27)18-6-5-12-23-18/h5-6,12,17,19,23H,3-4,7-11,13-16H2,1-2H3. The lowest BCUT2D eigenvalue weighted by molar-refractivity contribution is -0.0375. The number of unbranched alkanes of at least 4 members (excludes halogenated alkanes) is 1. The van der Waals surface area contributed by atoms with Crippen molar-refractivity contribution in [3.63, 3.8) is 0 Å². The Bertz CT molecular complexity index is 704. The lowest BCUT2D eigenvalue weighted by atomic mass is 9.81. The first kappa shape index (κ1) is 20.3. The summed E-state index contributed by atoms with van der Waals surface area (Å²) in [5, 5.41) is 0. The fraction of sp³-hybridized carbons (Fsp3) is 0.727. The van der Waals surface area contributed by atoms with Gasteiger partial charge in [-0.05, 0) is 31.4 Å². The van der Waals surface area contributed by atoms with Crippen molar-refractivity contribution in [3.05, 3.63) is 24.0 Å². The van der Waals surface area contributed by atoms with E-state index in [4.69, 9.17) is 4.74 Å². The highest BCUT2D eigenvalue weighted by atomic mass is 16.6. The van der Waals surface area contributed by atoms with Crippen LogP contribution in [0.5, 0.6) is 0 Å². The third kappa shape index (κ3) is 3.89. The Balaban J connectivity index is 1.31. The Morgan fingerprint density at radius 1 is 1.24 bits per heavy atom. The number of carbonyl (C=O) groups excluding carboxylic acids is 2. The summed E-state index contributed by atoms with van der Waals surface area (Å²) >= 11 is 0. The fourth-order valence-electron chi connectivity index (χ4n) is 5.42. The summed E-state index contributed by atoms with van der Waals surface area (Å²) in [5.74, 6) is 0.103. The molecule has 0 aromatic carbocycles. The summed E-state index contributed by atoms with van der Waals surface area (Å²) < 4.78 is 5.94. The number of piperidine rings is 2. The molecule has 3 fully saturated rings. The minimum absolute atomic E-state index is 0.103. The van der Waals surface area contributed by atoms with Gasteiger partial charge in [-0.1, -0.05) is 19.8 Å². The van der Waals surface area contributed by atoms with Crippen LogP contribution in [0.2, 0.25) is 0 Å². The number of hydrogen-bond acceptors (Lipinski definition) is 4. The maximum atomic E-state index is 12.5. The summed E-state index contributed by atoms with van der Waals surface area (Å²) in [7, 11) is 1.89. The number of hydrogen-bond donors (Lipinski definition) is 1. The van der Waals surface area contributed by atoms with Crippen LogP contribution in [0.4, 0.5) is 4.79 Å². The average molecular weight is 403 g/mol. The van der Waals surface area contributed by atoms with Crippen molar-refractivity contribution in [3.8, 4) is 0 Å². The van der Waals surface area contributed by atoms with E-state index in [9.17, 15) is 9.59 Å². The zero-order chi connectivity index (χ0) is 20.4. The molecule has 0 saturated carbocycles. The molecule has 0 aliphatic carbocycles. The van der Waals surface area contributed by atoms with Gasteiger partial charge in [-0.2, -0.15) is 0 Å². The highest BCUT2D eigenvalue weighted by Gasteiger charge is 2.53. The van der Waals surface area contributed by atoms with Crippen molar-refractivity contribution in [1.82, 2.24) is 19.7 Å². The molecule has 4 rings (SSSR count). The number of nitrogens with zero attached hydrogens (tertiary/aromatic N) is 3. The van der Waals surface area contributed by atoms with E-state index in [0.29, 0.717) is 11.7 Å². The Hall–Kier alpha value is -2.02. The van der Waals surface area contributed by atoms with E-state index in [-0.39, 0.29) is 23.6 Å². The third-order valence-corrected chi connectivity index (χ3v) is 7.23. The molecule has 1 unspecified atom stereocenters. The molecule has 0 bridgehead atoms. The van der Waals surface area contributed by atoms with Crippen molar-refractivity contribution in [2.45, 2.75) is 69.6 Å². The van der Waals surface area contributed by atoms with Crippen LogP contribution in [-0.2, 0) is 4.74 Å². The highest BCUT2D eigenvalue weighted by molar-refractivity contribution is 5.92. The molecule has 0 radical (unpaired) electrons. The van der Waals surface area contributed by atoms with E-state index < -0.39 is 0 Å².